The van der Waals surface area contributed by atoms with E-state index in [1.165, 1.54) is 0 Å². The minimum absolute atomic E-state index is 0.0822. The van der Waals surface area contributed by atoms with Gasteiger partial charge in [-0.05, 0) is 18.5 Å². The molecule has 1 aromatic rings. The fourth-order valence-corrected chi connectivity index (χ4v) is 4.00. The summed E-state index contributed by atoms with van der Waals surface area (Å²) in [6, 6.07) is -0.0822. The Morgan fingerprint density at radius 3 is 3.05 bits per heavy atom. The number of hydrogen-bond acceptors (Lipinski definition) is 5. The highest BCUT2D eigenvalue weighted by atomic mass is 35.5. The summed E-state index contributed by atoms with van der Waals surface area (Å²) in [5.41, 5.74) is 1.26. The lowest BCUT2D eigenvalue weighted by molar-refractivity contribution is -0.116. The zero-order chi connectivity index (χ0) is 13.6. The number of aromatic nitrogens is 2. The SMILES string of the molecule is Cc1nc(Cl)nc2c1NC(=O)CC1CS(=O)CCN21. The van der Waals surface area contributed by atoms with Crippen molar-refractivity contribution >= 4 is 39.8 Å². The van der Waals surface area contributed by atoms with Gasteiger partial charge in [0.1, 0.15) is 5.69 Å². The van der Waals surface area contributed by atoms with Crippen LogP contribution in [0.4, 0.5) is 11.5 Å². The number of nitrogens with zero attached hydrogens (tertiary/aromatic N) is 3. The Bertz CT molecular complexity index is 580. The molecule has 2 aliphatic rings. The Kier molecular flexibility index (Phi) is 3.18. The van der Waals surface area contributed by atoms with Crippen LogP contribution in [0.5, 0.6) is 0 Å². The van der Waals surface area contributed by atoms with Crippen molar-refractivity contribution in [3.05, 3.63) is 11.0 Å². The van der Waals surface area contributed by atoms with Crippen LogP contribution < -0.4 is 10.2 Å². The van der Waals surface area contributed by atoms with E-state index in [1.54, 1.807) is 6.92 Å². The molecule has 8 heteroatoms. The zero-order valence-electron chi connectivity index (χ0n) is 10.4. The first-order valence-electron chi connectivity index (χ1n) is 6.00. The normalized spacial score (nSPS) is 26.2. The molecule has 3 rings (SSSR count). The van der Waals surface area contributed by atoms with Crippen LogP contribution in [0.2, 0.25) is 5.28 Å². The van der Waals surface area contributed by atoms with Gasteiger partial charge in [0.2, 0.25) is 11.2 Å². The van der Waals surface area contributed by atoms with Gasteiger partial charge in [0.25, 0.3) is 0 Å². The molecule has 2 aliphatic heterocycles. The third-order valence-electron chi connectivity index (χ3n) is 3.38. The molecule has 1 saturated heterocycles. The van der Waals surface area contributed by atoms with Crippen LogP contribution in [-0.2, 0) is 15.6 Å². The van der Waals surface area contributed by atoms with E-state index in [4.69, 9.17) is 11.6 Å². The Hall–Kier alpha value is -1.21. The molecule has 1 amide bonds. The van der Waals surface area contributed by atoms with Crippen LogP contribution in [0, 0.1) is 6.92 Å². The maximum atomic E-state index is 11.9. The molecule has 0 aliphatic carbocycles. The summed E-state index contributed by atoms with van der Waals surface area (Å²) in [7, 11) is -0.867. The first-order chi connectivity index (χ1) is 9.04. The zero-order valence-corrected chi connectivity index (χ0v) is 11.9. The van der Waals surface area contributed by atoms with Gasteiger partial charge in [0.15, 0.2) is 5.82 Å². The highest BCUT2D eigenvalue weighted by molar-refractivity contribution is 7.85. The standard InChI is InChI=1S/C11H13ClN4O2S/c1-6-9-10(15-11(12)13-6)16-2-3-19(18)5-7(16)4-8(17)14-9/h7H,2-5H2,1H3,(H,14,17). The first kappa shape index (κ1) is 12.8. The summed E-state index contributed by atoms with van der Waals surface area (Å²) in [6.45, 7) is 2.40. The van der Waals surface area contributed by atoms with Crippen molar-refractivity contribution in [1.29, 1.82) is 0 Å². The van der Waals surface area contributed by atoms with E-state index in [-0.39, 0.29) is 17.2 Å². The van der Waals surface area contributed by atoms with E-state index in [0.29, 0.717) is 41.7 Å². The van der Waals surface area contributed by atoms with Crippen molar-refractivity contribution in [1.82, 2.24) is 9.97 Å². The van der Waals surface area contributed by atoms with Crippen molar-refractivity contribution in [3.8, 4) is 0 Å². The van der Waals surface area contributed by atoms with Crippen LogP contribution >= 0.6 is 11.6 Å². The number of rotatable bonds is 0. The molecule has 19 heavy (non-hydrogen) atoms. The summed E-state index contributed by atoms with van der Waals surface area (Å²) >= 11 is 5.91. The number of halogens is 1. The monoisotopic (exact) mass is 300 g/mol. The van der Waals surface area contributed by atoms with Gasteiger partial charge >= 0.3 is 0 Å². The number of carbonyl (C=O) groups is 1. The van der Waals surface area contributed by atoms with Gasteiger partial charge in [0.05, 0.1) is 11.7 Å². The molecular formula is C11H13ClN4O2S. The van der Waals surface area contributed by atoms with Gasteiger partial charge in [-0.3, -0.25) is 9.00 Å². The molecule has 0 aromatic carbocycles. The quantitative estimate of drug-likeness (QED) is 0.715. The predicted octanol–water partition coefficient (Wildman–Crippen LogP) is 0.718. The minimum atomic E-state index is -0.867. The summed E-state index contributed by atoms with van der Waals surface area (Å²) in [5.74, 6) is 1.63. The summed E-state index contributed by atoms with van der Waals surface area (Å²) < 4.78 is 11.7. The molecule has 0 radical (unpaired) electrons. The third-order valence-corrected chi connectivity index (χ3v) is 4.94. The number of anilines is 2. The van der Waals surface area contributed by atoms with Gasteiger partial charge in [-0.25, -0.2) is 4.98 Å². The molecule has 2 atom stereocenters. The summed E-state index contributed by atoms with van der Waals surface area (Å²) in [4.78, 5) is 22.3. The van der Waals surface area contributed by atoms with E-state index in [1.807, 2.05) is 4.90 Å². The van der Waals surface area contributed by atoms with E-state index in [0.717, 1.165) is 0 Å². The highest BCUT2D eigenvalue weighted by Gasteiger charge is 2.34. The van der Waals surface area contributed by atoms with E-state index in [2.05, 4.69) is 15.3 Å². The molecule has 102 valence electrons. The number of aryl methyl sites for hydroxylation is 1. The Labute approximate surface area is 118 Å². The van der Waals surface area contributed by atoms with Gasteiger partial charge in [-0.15, -0.1) is 0 Å². The molecule has 0 bridgehead atoms. The van der Waals surface area contributed by atoms with Gasteiger partial charge in [-0.1, -0.05) is 0 Å². The Morgan fingerprint density at radius 1 is 1.47 bits per heavy atom. The molecule has 6 nitrogen and oxygen atoms in total. The van der Waals surface area contributed by atoms with Crippen molar-refractivity contribution in [3.63, 3.8) is 0 Å². The van der Waals surface area contributed by atoms with Gasteiger partial charge in [0, 0.05) is 35.3 Å². The lowest BCUT2D eigenvalue weighted by Gasteiger charge is -2.34. The maximum absolute atomic E-state index is 11.9. The summed E-state index contributed by atoms with van der Waals surface area (Å²) in [5, 5.41) is 2.99. The lowest BCUT2D eigenvalue weighted by Crippen LogP contribution is -2.47. The van der Waals surface area contributed by atoms with Crippen LogP contribution in [0.1, 0.15) is 12.1 Å². The largest absolute Gasteiger partial charge is 0.349 e. The predicted molar refractivity (Wildman–Crippen MR) is 74.0 cm³/mol. The molecule has 2 unspecified atom stereocenters. The number of nitrogens with one attached hydrogen (secondary N) is 1. The van der Waals surface area contributed by atoms with Crippen molar-refractivity contribution < 1.29 is 9.00 Å². The topological polar surface area (TPSA) is 75.2 Å². The number of hydrogen-bond donors (Lipinski definition) is 1. The van der Waals surface area contributed by atoms with Crippen molar-refractivity contribution in [2.24, 2.45) is 0 Å². The number of carbonyl (C=O) groups excluding carboxylic acids is 1. The summed E-state index contributed by atoms with van der Waals surface area (Å²) in [6.07, 6.45) is 0.319. The second-order valence-corrected chi connectivity index (χ2v) is 6.65. The van der Waals surface area contributed by atoms with Crippen molar-refractivity contribution in [2.45, 2.75) is 19.4 Å². The molecule has 1 fully saturated rings. The molecule has 0 spiro atoms. The maximum Gasteiger partial charge on any atom is 0.226 e. The van der Waals surface area contributed by atoms with E-state index >= 15 is 0 Å². The number of fused-ring (bicyclic) bond motifs is 3. The fourth-order valence-electron chi connectivity index (χ4n) is 2.50. The minimum Gasteiger partial charge on any atom is -0.349 e. The Balaban J connectivity index is 2.11. The van der Waals surface area contributed by atoms with E-state index < -0.39 is 10.8 Å². The molecule has 0 saturated carbocycles. The van der Waals surface area contributed by atoms with Crippen LogP contribution in [-0.4, -0.2) is 44.2 Å². The lowest BCUT2D eigenvalue weighted by atomic mass is 10.2. The molecule has 1 aromatic heterocycles. The average Bonchev–Trinajstić information content (AvgIpc) is 2.45. The molecule has 1 N–H and O–H groups in total. The molecular weight excluding hydrogens is 288 g/mol. The van der Waals surface area contributed by atoms with Crippen molar-refractivity contribution in [2.75, 3.05) is 28.3 Å². The smallest absolute Gasteiger partial charge is 0.226 e. The Morgan fingerprint density at radius 2 is 2.26 bits per heavy atom. The first-order valence-corrected chi connectivity index (χ1v) is 7.87. The fraction of sp³-hybridized carbons (Fsp3) is 0.545. The van der Waals surface area contributed by atoms with Gasteiger partial charge < -0.3 is 10.2 Å². The highest BCUT2D eigenvalue weighted by Crippen LogP contribution is 2.33. The van der Waals surface area contributed by atoms with Crippen LogP contribution in [0.3, 0.4) is 0 Å². The van der Waals surface area contributed by atoms with E-state index in [9.17, 15) is 9.00 Å². The second-order valence-electron chi connectivity index (χ2n) is 4.69. The molecule has 3 heterocycles. The number of amides is 1. The average molecular weight is 301 g/mol. The van der Waals surface area contributed by atoms with Crippen LogP contribution in [0.25, 0.3) is 0 Å². The van der Waals surface area contributed by atoms with Crippen LogP contribution in [0.15, 0.2) is 0 Å². The second kappa shape index (κ2) is 4.72. The van der Waals surface area contributed by atoms with Gasteiger partial charge in [-0.2, -0.15) is 4.98 Å². The third kappa shape index (κ3) is 2.32.